The summed E-state index contributed by atoms with van der Waals surface area (Å²) in [4.78, 5) is 34.0. The van der Waals surface area contributed by atoms with Crippen LogP contribution in [0.4, 0.5) is 0 Å². The highest BCUT2D eigenvalue weighted by atomic mass is 17.2. The minimum Gasteiger partial charge on any atom is -0.296 e. The average molecular weight is 218 g/mol. The third-order valence-electron chi connectivity index (χ3n) is 1.54. The van der Waals surface area contributed by atoms with Gasteiger partial charge in [-0.15, -0.1) is 0 Å². The second-order valence-electron chi connectivity index (χ2n) is 3.76. The van der Waals surface area contributed by atoms with Crippen LogP contribution in [0, 0.1) is 5.41 Å². The van der Waals surface area contributed by atoms with E-state index in [2.05, 4.69) is 14.7 Å². The Kier molecular flexibility index (Phi) is 4.96. The van der Waals surface area contributed by atoms with Crippen molar-refractivity contribution in [3.8, 4) is 0 Å². The van der Waals surface area contributed by atoms with E-state index >= 15 is 0 Å². The highest BCUT2D eigenvalue weighted by Crippen LogP contribution is 2.26. The highest BCUT2D eigenvalue weighted by molar-refractivity contribution is 5.96. The zero-order valence-corrected chi connectivity index (χ0v) is 9.07. The van der Waals surface area contributed by atoms with Gasteiger partial charge in [0.2, 0.25) is 0 Å². The van der Waals surface area contributed by atoms with Gasteiger partial charge in [-0.05, 0) is 5.41 Å². The van der Waals surface area contributed by atoms with Gasteiger partial charge >= 0.3 is 11.9 Å². The van der Waals surface area contributed by atoms with E-state index in [1.54, 1.807) is 20.8 Å². The minimum absolute atomic E-state index is 0.0309. The summed E-state index contributed by atoms with van der Waals surface area (Å²) in [5, 5.41) is 8.08. The molecule has 6 heteroatoms. The first kappa shape index (κ1) is 13.6. The number of rotatable bonds is 3. The molecular formula is C9H14O6. The van der Waals surface area contributed by atoms with Crippen LogP contribution < -0.4 is 0 Å². The molecule has 0 aliphatic rings. The van der Waals surface area contributed by atoms with Crippen LogP contribution in [0.2, 0.25) is 0 Å². The van der Waals surface area contributed by atoms with Crippen molar-refractivity contribution in [1.29, 1.82) is 0 Å². The van der Waals surface area contributed by atoms with E-state index in [9.17, 15) is 9.59 Å². The molecule has 1 N–H and O–H groups in total. The van der Waals surface area contributed by atoms with Crippen LogP contribution in [-0.4, -0.2) is 24.3 Å². The first-order chi connectivity index (χ1) is 6.82. The first-order valence-electron chi connectivity index (χ1n) is 4.15. The van der Waals surface area contributed by atoms with E-state index in [1.165, 1.54) is 7.11 Å². The van der Waals surface area contributed by atoms with E-state index in [0.29, 0.717) is 0 Å². The third kappa shape index (κ3) is 4.57. The van der Waals surface area contributed by atoms with E-state index < -0.39 is 17.4 Å². The molecule has 0 aromatic carbocycles. The fourth-order valence-corrected chi connectivity index (χ4v) is 0.846. The SMILES string of the molecule is COOC(=O)/C(=C\C(=O)OO)C(C)(C)C. The van der Waals surface area contributed by atoms with Crippen LogP contribution in [0.15, 0.2) is 11.6 Å². The van der Waals surface area contributed by atoms with Crippen LogP contribution in [0.5, 0.6) is 0 Å². The molecule has 0 radical (unpaired) electrons. The molecule has 0 atom stereocenters. The molecule has 0 aromatic rings. The van der Waals surface area contributed by atoms with Gasteiger partial charge in [-0.1, -0.05) is 20.8 Å². The quantitative estimate of drug-likeness (QED) is 0.433. The standard InChI is InChI=1S/C9H14O6/c1-9(2,3)6(5-7(10)14-12)8(11)15-13-4/h5,12H,1-4H3/b6-5+. The van der Waals surface area contributed by atoms with Gasteiger partial charge in [0.05, 0.1) is 12.7 Å². The summed E-state index contributed by atoms with van der Waals surface area (Å²) in [7, 11) is 1.17. The van der Waals surface area contributed by atoms with Crippen molar-refractivity contribution in [2.45, 2.75) is 20.8 Å². The molecule has 0 spiro atoms. The average Bonchev–Trinajstić information content (AvgIpc) is 2.12. The molecule has 0 amide bonds. The molecule has 6 nitrogen and oxygen atoms in total. The van der Waals surface area contributed by atoms with E-state index in [4.69, 9.17) is 5.26 Å². The fourth-order valence-electron chi connectivity index (χ4n) is 0.846. The number of carbonyl (C=O) groups is 2. The van der Waals surface area contributed by atoms with E-state index in [0.717, 1.165) is 6.08 Å². The van der Waals surface area contributed by atoms with Gasteiger partial charge in [0.1, 0.15) is 0 Å². The lowest BCUT2D eigenvalue weighted by molar-refractivity contribution is -0.251. The number of hydrogen-bond donors (Lipinski definition) is 1. The van der Waals surface area contributed by atoms with Gasteiger partial charge in [-0.25, -0.2) is 9.59 Å². The van der Waals surface area contributed by atoms with Gasteiger partial charge < -0.3 is 0 Å². The third-order valence-corrected chi connectivity index (χ3v) is 1.54. The van der Waals surface area contributed by atoms with Crippen LogP contribution >= 0.6 is 0 Å². The molecule has 0 saturated carbocycles. The topological polar surface area (TPSA) is 82.1 Å². The van der Waals surface area contributed by atoms with Crippen LogP contribution in [-0.2, 0) is 24.3 Å². The molecule has 0 rings (SSSR count). The first-order valence-corrected chi connectivity index (χ1v) is 4.15. The zero-order valence-electron chi connectivity index (χ0n) is 9.07. The Morgan fingerprint density at radius 3 is 2.13 bits per heavy atom. The van der Waals surface area contributed by atoms with Crippen LogP contribution in [0.25, 0.3) is 0 Å². The number of carbonyl (C=O) groups excluding carboxylic acids is 2. The Balaban J connectivity index is 4.99. The second kappa shape index (κ2) is 5.47. The van der Waals surface area contributed by atoms with Gasteiger partial charge in [0, 0.05) is 6.08 Å². The molecule has 0 saturated heterocycles. The van der Waals surface area contributed by atoms with Gasteiger partial charge in [-0.3, -0.25) is 9.78 Å². The maximum absolute atomic E-state index is 11.3. The molecular weight excluding hydrogens is 204 g/mol. The van der Waals surface area contributed by atoms with Gasteiger partial charge in [-0.2, -0.15) is 10.1 Å². The normalized spacial score (nSPS) is 12.2. The Morgan fingerprint density at radius 1 is 1.27 bits per heavy atom. The van der Waals surface area contributed by atoms with Gasteiger partial charge in [0.25, 0.3) is 0 Å². The maximum Gasteiger partial charge on any atom is 0.369 e. The molecule has 86 valence electrons. The van der Waals surface area contributed by atoms with Crippen molar-refractivity contribution in [2.24, 2.45) is 5.41 Å². The lowest BCUT2D eigenvalue weighted by Crippen LogP contribution is -2.21. The molecule has 0 bridgehead atoms. The van der Waals surface area contributed by atoms with Crippen molar-refractivity contribution in [3.63, 3.8) is 0 Å². The Morgan fingerprint density at radius 2 is 1.80 bits per heavy atom. The van der Waals surface area contributed by atoms with Crippen molar-refractivity contribution >= 4 is 11.9 Å². The smallest absolute Gasteiger partial charge is 0.296 e. The predicted octanol–water partition coefficient (Wildman–Crippen LogP) is 1.08. The molecule has 0 aromatic heterocycles. The van der Waals surface area contributed by atoms with Gasteiger partial charge in [0.15, 0.2) is 0 Å². The molecule has 0 heterocycles. The van der Waals surface area contributed by atoms with Crippen LogP contribution in [0.1, 0.15) is 20.8 Å². The molecule has 0 unspecified atom stereocenters. The largest absolute Gasteiger partial charge is 0.369 e. The lowest BCUT2D eigenvalue weighted by Gasteiger charge is -2.19. The Bertz CT molecular complexity index is 273. The number of hydrogen-bond acceptors (Lipinski definition) is 6. The van der Waals surface area contributed by atoms with E-state index in [-0.39, 0.29) is 5.57 Å². The van der Waals surface area contributed by atoms with Crippen molar-refractivity contribution in [2.75, 3.05) is 7.11 Å². The van der Waals surface area contributed by atoms with Crippen LogP contribution in [0.3, 0.4) is 0 Å². The predicted molar refractivity (Wildman–Crippen MR) is 49.4 cm³/mol. The Hall–Kier alpha value is -1.40. The summed E-state index contributed by atoms with van der Waals surface area (Å²) >= 11 is 0. The highest BCUT2D eigenvalue weighted by Gasteiger charge is 2.27. The summed E-state index contributed by atoms with van der Waals surface area (Å²) in [6.07, 6.45) is 0.849. The molecule has 15 heavy (non-hydrogen) atoms. The zero-order chi connectivity index (χ0) is 12.1. The summed E-state index contributed by atoms with van der Waals surface area (Å²) in [5.74, 6) is -1.86. The van der Waals surface area contributed by atoms with Crippen molar-refractivity contribution in [3.05, 3.63) is 11.6 Å². The summed E-state index contributed by atoms with van der Waals surface area (Å²) in [6.45, 7) is 5.08. The van der Waals surface area contributed by atoms with E-state index in [1.807, 2.05) is 0 Å². The fraction of sp³-hybridized carbons (Fsp3) is 0.556. The summed E-state index contributed by atoms with van der Waals surface area (Å²) in [5.41, 5.74) is -0.604. The Labute approximate surface area is 87.3 Å². The molecule has 0 fully saturated rings. The maximum atomic E-state index is 11.3. The second-order valence-corrected chi connectivity index (χ2v) is 3.76. The van der Waals surface area contributed by atoms with Crippen molar-refractivity contribution in [1.82, 2.24) is 0 Å². The lowest BCUT2D eigenvalue weighted by atomic mass is 9.86. The monoisotopic (exact) mass is 218 g/mol. The minimum atomic E-state index is -1.05. The summed E-state index contributed by atoms with van der Waals surface area (Å²) < 4.78 is 0. The molecule has 0 aliphatic carbocycles. The molecule has 0 aliphatic heterocycles. The van der Waals surface area contributed by atoms with Crippen molar-refractivity contribution < 1.29 is 29.5 Å². The summed E-state index contributed by atoms with van der Waals surface area (Å²) in [6, 6.07) is 0.